The van der Waals surface area contributed by atoms with Crippen molar-refractivity contribution in [2.24, 2.45) is 10.7 Å². The Labute approximate surface area is 185 Å². The first-order valence-electron chi connectivity index (χ1n) is 9.68. The van der Waals surface area contributed by atoms with Crippen molar-refractivity contribution in [1.82, 2.24) is 4.90 Å². The highest BCUT2D eigenvalue weighted by Gasteiger charge is 2.24. The van der Waals surface area contributed by atoms with Gasteiger partial charge in [-0.05, 0) is 51.1 Å². The van der Waals surface area contributed by atoms with Gasteiger partial charge in [0.05, 0.1) is 19.7 Å². The molecule has 6 heteroatoms. The standard InChI is InChI=1S/C22H30N4O.HI/c1-17-10-12-18(13-11-17)25-22(23)24-16-20(26-14-6-3-7-15-26)19-8-4-5-9-21(19)27-2;/h4-5,8-13,20H,3,6-7,14-16H2,1-2H3,(H3,23,24,25);1H. The van der Waals surface area contributed by atoms with Crippen molar-refractivity contribution in [3.8, 4) is 5.75 Å². The molecule has 1 saturated heterocycles. The molecule has 0 spiro atoms. The minimum absolute atomic E-state index is 0. The molecule has 152 valence electrons. The normalized spacial score (nSPS) is 16.1. The van der Waals surface area contributed by atoms with E-state index in [1.54, 1.807) is 7.11 Å². The van der Waals surface area contributed by atoms with Gasteiger partial charge in [-0.25, -0.2) is 0 Å². The van der Waals surface area contributed by atoms with Gasteiger partial charge in [0.25, 0.3) is 0 Å². The number of ether oxygens (including phenoxy) is 1. The monoisotopic (exact) mass is 494 g/mol. The van der Waals surface area contributed by atoms with E-state index in [4.69, 9.17) is 10.5 Å². The van der Waals surface area contributed by atoms with Crippen LogP contribution in [0.15, 0.2) is 53.5 Å². The molecule has 0 aromatic heterocycles. The summed E-state index contributed by atoms with van der Waals surface area (Å²) in [6.07, 6.45) is 3.76. The number of hydrogen-bond donors (Lipinski definition) is 2. The number of aliphatic imine (C=N–C) groups is 1. The number of nitrogens with one attached hydrogen (secondary N) is 1. The van der Waals surface area contributed by atoms with E-state index in [1.165, 1.54) is 30.4 Å². The molecule has 2 aromatic rings. The number of guanidine groups is 1. The van der Waals surface area contributed by atoms with Crippen LogP contribution in [0.1, 0.15) is 36.4 Å². The van der Waals surface area contributed by atoms with Crippen LogP contribution in [-0.4, -0.2) is 37.6 Å². The van der Waals surface area contributed by atoms with Crippen molar-refractivity contribution in [3.63, 3.8) is 0 Å². The molecule has 1 fully saturated rings. The Kier molecular flexibility index (Phi) is 9.05. The van der Waals surface area contributed by atoms with E-state index in [-0.39, 0.29) is 30.0 Å². The second-order valence-electron chi connectivity index (χ2n) is 7.07. The first-order valence-corrected chi connectivity index (χ1v) is 9.68. The number of hydrogen-bond acceptors (Lipinski definition) is 3. The Morgan fingerprint density at radius 2 is 1.79 bits per heavy atom. The zero-order valence-corrected chi connectivity index (χ0v) is 19.1. The summed E-state index contributed by atoms with van der Waals surface area (Å²) < 4.78 is 5.61. The van der Waals surface area contributed by atoms with Gasteiger partial charge in [-0.15, -0.1) is 24.0 Å². The van der Waals surface area contributed by atoms with Crippen molar-refractivity contribution in [2.45, 2.75) is 32.2 Å². The van der Waals surface area contributed by atoms with Crippen LogP contribution in [0.3, 0.4) is 0 Å². The quantitative estimate of drug-likeness (QED) is 0.351. The van der Waals surface area contributed by atoms with Crippen molar-refractivity contribution in [3.05, 3.63) is 59.7 Å². The summed E-state index contributed by atoms with van der Waals surface area (Å²) in [5.74, 6) is 1.35. The molecule has 1 atom stereocenters. The number of nitrogens with zero attached hydrogens (tertiary/aromatic N) is 2. The molecule has 3 N–H and O–H groups in total. The fourth-order valence-corrected chi connectivity index (χ4v) is 3.59. The number of piperidine rings is 1. The van der Waals surface area contributed by atoms with E-state index in [0.717, 1.165) is 24.5 Å². The number of likely N-dealkylation sites (tertiary alicyclic amines) is 1. The van der Waals surface area contributed by atoms with Crippen LogP contribution in [0.5, 0.6) is 5.75 Å². The first-order chi connectivity index (χ1) is 13.2. The van der Waals surface area contributed by atoms with Crippen molar-refractivity contribution in [1.29, 1.82) is 0 Å². The second kappa shape index (κ2) is 11.3. The van der Waals surface area contributed by atoms with E-state index >= 15 is 0 Å². The van der Waals surface area contributed by atoms with Gasteiger partial charge < -0.3 is 15.8 Å². The van der Waals surface area contributed by atoms with E-state index in [2.05, 4.69) is 46.4 Å². The number of anilines is 1. The minimum Gasteiger partial charge on any atom is -0.496 e. The molecular weight excluding hydrogens is 463 g/mol. The molecule has 0 radical (unpaired) electrons. The lowest BCUT2D eigenvalue weighted by molar-refractivity contribution is 0.165. The summed E-state index contributed by atoms with van der Waals surface area (Å²) in [7, 11) is 1.72. The van der Waals surface area contributed by atoms with E-state index in [9.17, 15) is 0 Å². The van der Waals surface area contributed by atoms with Crippen LogP contribution in [0, 0.1) is 6.92 Å². The maximum atomic E-state index is 6.16. The Morgan fingerprint density at radius 1 is 1.11 bits per heavy atom. The maximum Gasteiger partial charge on any atom is 0.193 e. The number of rotatable bonds is 6. The third-order valence-corrected chi connectivity index (χ3v) is 5.09. The Morgan fingerprint density at radius 3 is 2.46 bits per heavy atom. The lowest BCUT2D eigenvalue weighted by Gasteiger charge is -2.34. The van der Waals surface area contributed by atoms with Gasteiger partial charge in [-0.1, -0.05) is 42.3 Å². The summed E-state index contributed by atoms with van der Waals surface area (Å²) in [4.78, 5) is 7.16. The van der Waals surface area contributed by atoms with Gasteiger partial charge in [-0.3, -0.25) is 9.89 Å². The molecule has 0 saturated carbocycles. The van der Waals surface area contributed by atoms with Crippen LogP contribution < -0.4 is 15.8 Å². The largest absolute Gasteiger partial charge is 0.496 e. The van der Waals surface area contributed by atoms with Gasteiger partial charge in [-0.2, -0.15) is 0 Å². The highest BCUT2D eigenvalue weighted by atomic mass is 127. The molecule has 5 nitrogen and oxygen atoms in total. The first kappa shape index (κ1) is 22.5. The average molecular weight is 494 g/mol. The Hall–Kier alpha value is -1.80. The van der Waals surface area contributed by atoms with Crippen LogP contribution in [0.4, 0.5) is 5.69 Å². The summed E-state index contributed by atoms with van der Waals surface area (Å²) in [6.45, 7) is 4.84. The Balaban J connectivity index is 0.00000280. The molecule has 2 aromatic carbocycles. The van der Waals surface area contributed by atoms with Crippen molar-refractivity contribution in [2.75, 3.05) is 32.1 Å². The third-order valence-electron chi connectivity index (χ3n) is 5.09. The molecule has 1 unspecified atom stereocenters. The van der Waals surface area contributed by atoms with E-state index in [0.29, 0.717) is 12.5 Å². The Bertz CT molecular complexity index is 757. The number of nitrogens with two attached hydrogens (primary N) is 1. The average Bonchev–Trinajstić information content (AvgIpc) is 2.71. The molecule has 3 rings (SSSR count). The molecule has 0 aliphatic carbocycles. The van der Waals surface area contributed by atoms with Gasteiger partial charge in [0.15, 0.2) is 5.96 Å². The topological polar surface area (TPSA) is 62.9 Å². The molecule has 28 heavy (non-hydrogen) atoms. The molecule has 1 heterocycles. The maximum absolute atomic E-state index is 6.16. The fraction of sp³-hybridized carbons (Fsp3) is 0.409. The van der Waals surface area contributed by atoms with Crippen LogP contribution in [0.2, 0.25) is 0 Å². The minimum atomic E-state index is 0. The third kappa shape index (κ3) is 6.10. The van der Waals surface area contributed by atoms with Crippen molar-refractivity contribution < 1.29 is 4.74 Å². The summed E-state index contributed by atoms with van der Waals surface area (Å²) in [5.41, 5.74) is 9.51. The lowest BCUT2D eigenvalue weighted by atomic mass is 10.0. The highest BCUT2D eigenvalue weighted by Crippen LogP contribution is 2.31. The molecule has 1 aliphatic rings. The number of halogens is 1. The summed E-state index contributed by atoms with van der Waals surface area (Å²) in [5, 5.41) is 3.19. The highest BCUT2D eigenvalue weighted by molar-refractivity contribution is 14.0. The molecule has 0 bridgehead atoms. The SMILES string of the molecule is COc1ccccc1C(CN=C(N)Nc1ccc(C)cc1)N1CCCCC1.I. The molecular formula is C22H31IN4O. The van der Waals surface area contributed by atoms with E-state index < -0.39 is 0 Å². The van der Waals surface area contributed by atoms with E-state index in [1.807, 2.05) is 24.3 Å². The predicted molar refractivity (Wildman–Crippen MR) is 128 cm³/mol. The molecule has 0 amide bonds. The second-order valence-corrected chi connectivity index (χ2v) is 7.07. The fourth-order valence-electron chi connectivity index (χ4n) is 3.59. The molecule has 1 aliphatic heterocycles. The van der Waals surface area contributed by atoms with Gasteiger partial charge in [0.2, 0.25) is 0 Å². The number of aryl methyl sites for hydroxylation is 1. The van der Waals surface area contributed by atoms with Gasteiger partial charge >= 0.3 is 0 Å². The van der Waals surface area contributed by atoms with Crippen LogP contribution in [0.25, 0.3) is 0 Å². The lowest BCUT2D eigenvalue weighted by Crippen LogP contribution is -2.36. The number of benzene rings is 2. The van der Waals surface area contributed by atoms with Crippen molar-refractivity contribution >= 4 is 35.6 Å². The summed E-state index contributed by atoms with van der Waals surface area (Å²) in [6, 6.07) is 16.5. The van der Waals surface area contributed by atoms with Gasteiger partial charge in [0.1, 0.15) is 5.75 Å². The summed E-state index contributed by atoms with van der Waals surface area (Å²) >= 11 is 0. The van der Waals surface area contributed by atoms with Crippen LogP contribution >= 0.6 is 24.0 Å². The zero-order valence-electron chi connectivity index (χ0n) is 16.7. The smallest absolute Gasteiger partial charge is 0.193 e. The zero-order chi connectivity index (χ0) is 19.1. The predicted octanol–water partition coefficient (Wildman–Crippen LogP) is 4.58. The van der Waals surface area contributed by atoms with Crippen LogP contribution in [-0.2, 0) is 0 Å². The number of para-hydroxylation sites is 1. The van der Waals surface area contributed by atoms with Gasteiger partial charge in [0, 0.05) is 11.3 Å². The number of methoxy groups -OCH3 is 1.